The van der Waals surface area contributed by atoms with Crippen LogP contribution < -0.4 is 16.2 Å². The molecule has 1 rings (SSSR count). The van der Waals surface area contributed by atoms with E-state index in [-0.39, 0.29) is 24.7 Å². The minimum absolute atomic E-state index is 0.00263. The van der Waals surface area contributed by atoms with E-state index in [1.807, 2.05) is 0 Å². The molecule has 0 aromatic rings. The molecule has 0 saturated carbocycles. The summed E-state index contributed by atoms with van der Waals surface area (Å²) in [5.74, 6) is 0.118. The van der Waals surface area contributed by atoms with Gasteiger partial charge in [-0.3, -0.25) is 19.8 Å². The van der Waals surface area contributed by atoms with Crippen LogP contribution in [0.1, 0.15) is 59.3 Å². The van der Waals surface area contributed by atoms with Crippen LogP contribution in [0.2, 0.25) is 0 Å². The highest BCUT2D eigenvalue weighted by Gasteiger charge is 2.22. The Morgan fingerprint density at radius 1 is 1.17 bits per heavy atom. The zero-order valence-electron chi connectivity index (χ0n) is 18.5. The number of hydrogen-bond donors (Lipinski definition) is 3. The third-order valence-corrected chi connectivity index (χ3v) is 5.48. The normalized spacial score (nSPS) is 19.1. The maximum Gasteiger partial charge on any atom is 0.306 e. The lowest BCUT2D eigenvalue weighted by Gasteiger charge is -2.18. The Labute approximate surface area is 184 Å². The highest BCUT2D eigenvalue weighted by molar-refractivity contribution is 7.99. The number of rotatable bonds is 10. The third-order valence-electron chi connectivity index (χ3n) is 4.51. The molecule has 0 aromatic carbocycles. The number of carbonyl (C=O) groups is 3. The molecule has 1 aliphatic rings. The average molecular weight is 438 g/mol. The molecule has 1 aliphatic heterocycles. The number of esters is 1. The highest BCUT2D eigenvalue weighted by atomic mass is 32.2. The summed E-state index contributed by atoms with van der Waals surface area (Å²) in [4.78, 5) is 35.6. The molecule has 7 nitrogen and oxygen atoms in total. The van der Waals surface area contributed by atoms with E-state index in [9.17, 15) is 14.4 Å². The molecule has 0 unspecified atom stereocenters. The van der Waals surface area contributed by atoms with Gasteiger partial charge in [0.2, 0.25) is 5.91 Å². The summed E-state index contributed by atoms with van der Waals surface area (Å²) in [5.41, 5.74) is 9.34. The van der Waals surface area contributed by atoms with Crippen molar-refractivity contribution in [2.45, 2.75) is 65.3 Å². The first-order valence-corrected chi connectivity index (χ1v) is 11.4. The van der Waals surface area contributed by atoms with Crippen LogP contribution in [0.4, 0.5) is 0 Å². The Hall–Kier alpha value is -2.22. The minimum atomic E-state index is -0.655. The number of allylic oxidation sites excluding steroid dienone is 5. The van der Waals surface area contributed by atoms with Crippen LogP contribution in [0, 0.1) is 0 Å². The quantitative estimate of drug-likeness (QED) is 0.359. The van der Waals surface area contributed by atoms with E-state index in [0.29, 0.717) is 5.75 Å². The summed E-state index contributed by atoms with van der Waals surface area (Å²) < 4.78 is 4.53. The minimum Gasteiger partial charge on any atom is -0.469 e. The van der Waals surface area contributed by atoms with Crippen molar-refractivity contribution in [3.63, 3.8) is 0 Å². The Balaban J connectivity index is 2.45. The van der Waals surface area contributed by atoms with Gasteiger partial charge in [-0.25, -0.2) is 0 Å². The number of ether oxygens (including phenoxy) is 1. The van der Waals surface area contributed by atoms with Crippen LogP contribution in [0.25, 0.3) is 0 Å². The molecule has 0 spiro atoms. The van der Waals surface area contributed by atoms with Crippen molar-refractivity contribution in [3.05, 3.63) is 35.1 Å². The molecule has 2 amide bonds. The Bertz CT molecular complexity index is 682. The molecule has 1 atom stereocenters. The van der Waals surface area contributed by atoms with Gasteiger partial charge in [0.25, 0.3) is 5.91 Å². The van der Waals surface area contributed by atoms with Gasteiger partial charge in [0, 0.05) is 23.6 Å². The van der Waals surface area contributed by atoms with Crippen LogP contribution in [-0.2, 0) is 19.1 Å². The largest absolute Gasteiger partial charge is 0.469 e. The lowest BCUT2D eigenvalue weighted by atomic mass is 10.1. The van der Waals surface area contributed by atoms with Gasteiger partial charge < -0.3 is 15.5 Å². The lowest BCUT2D eigenvalue weighted by Crippen LogP contribution is -2.51. The Morgan fingerprint density at radius 2 is 1.93 bits per heavy atom. The fourth-order valence-electron chi connectivity index (χ4n) is 2.72. The summed E-state index contributed by atoms with van der Waals surface area (Å²) in [6, 6.07) is -0.655. The van der Waals surface area contributed by atoms with E-state index in [2.05, 4.69) is 59.9 Å². The van der Waals surface area contributed by atoms with Crippen molar-refractivity contribution in [2.75, 3.05) is 18.6 Å². The first kappa shape index (κ1) is 25.8. The topological polar surface area (TPSA) is 96.5 Å². The molecule has 168 valence electrons. The van der Waals surface area contributed by atoms with Crippen LogP contribution >= 0.6 is 11.8 Å². The summed E-state index contributed by atoms with van der Waals surface area (Å²) in [5, 5.41) is 2.69. The molecule has 8 heteroatoms. The van der Waals surface area contributed by atoms with E-state index in [0.717, 1.165) is 37.1 Å². The van der Waals surface area contributed by atoms with E-state index in [1.165, 1.54) is 18.3 Å². The summed E-state index contributed by atoms with van der Waals surface area (Å²) in [6.07, 6.45) is 10.4. The predicted molar refractivity (Wildman–Crippen MR) is 122 cm³/mol. The zero-order valence-corrected chi connectivity index (χ0v) is 19.3. The van der Waals surface area contributed by atoms with Crippen LogP contribution in [-0.4, -0.2) is 42.4 Å². The van der Waals surface area contributed by atoms with Crippen molar-refractivity contribution in [2.24, 2.45) is 0 Å². The molecule has 0 aromatic heterocycles. The number of nitrogens with one attached hydrogen (secondary N) is 3. The van der Waals surface area contributed by atoms with Crippen molar-refractivity contribution in [3.8, 4) is 0 Å². The lowest BCUT2D eigenvalue weighted by molar-refractivity contribution is -0.142. The first-order valence-electron chi connectivity index (χ1n) is 10.3. The van der Waals surface area contributed by atoms with E-state index in [1.54, 1.807) is 11.8 Å². The van der Waals surface area contributed by atoms with Gasteiger partial charge in [0.05, 0.1) is 13.5 Å². The molecule has 0 aliphatic carbocycles. The highest BCUT2D eigenvalue weighted by Crippen LogP contribution is 2.13. The second kappa shape index (κ2) is 14.7. The van der Waals surface area contributed by atoms with Crippen LogP contribution in [0.5, 0.6) is 0 Å². The second-order valence-corrected chi connectivity index (χ2v) is 8.56. The number of amides is 2. The van der Waals surface area contributed by atoms with Crippen molar-refractivity contribution >= 4 is 29.5 Å². The summed E-state index contributed by atoms with van der Waals surface area (Å²) in [7, 11) is 1.28. The monoisotopic (exact) mass is 437 g/mol. The van der Waals surface area contributed by atoms with Crippen LogP contribution in [0.15, 0.2) is 35.1 Å². The summed E-state index contributed by atoms with van der Waals surface area (Å²) in [6.45, 7) is 6.37. The molecular formula is C22H35N3O4S. The maximum atomic E-state index is 12.4. The number of methoxy groups -OCH3 is 1. The second-order valence-electron chi connectivity index (χ2n) is 7.49. The number of thioether (sulfide) groups is 1. The van der Waals surface area contributed by atoms with Crippen molar-refractivity contribution < 1.29 is 19.1 Å². The van der Waals surface area contributed by atoms with Gasteiger partial charge in [-0.2, -0.15) is 11.8 Å². The average Bonchev–Trinajstić information content (AvgIpc) is 2.78. The van der Waals surface area contributed by atoms with Gasteiger partial charge in [-0.15, -0.1) is 0 Å². The number of hydrogen-bond acceptors (Lipinski definition) is 6. The molecule has 0 fully saturated rings. The molecular weight excluding hydrogens is 402 g/mol. The predicted octanol–water partition coefficient (Wildman–Crippen LogP) is 3.15. The first-order chi connectivity index (χ1) is 14.3. The van der Waals surface area contributed by atoms with Gasteiger partial charge in [-0.1, -0.05) is 29.4 Å². The Morgan fingerprint density at radius 3 is 2.63 bits per heavy atom. The molecule has 0 bridgehead atoms. The number of hydrazine groups is 1. The van der Waals surface area contributed by atoms with E-state index in [4.69, 9.17) is 0 Å². The van der Waals surface area contributed by atoms with Crippen molar-refractivity contribution in [1.82, 2.24) is 16.2 Å². The molecule has 1 heterocycles. The fourth-order valence-corrected chi connectivity index (χ4v) is 3.65. The maximum absolute atomic E-state index is 12.4. The smallest absolute Gasteiger partial charge is 0.306 e. The van der Waals surface area contributed by atoms with Crippen LogP contribution in [0.3, 0.4) is 0 Å². The van der Waals surface area contributed by atoms with Gasteiger partial charge in [0.1, 0.15) is 6.04 Å². The van der Waals surface area contributed by atoms with Gasteiger partial charge in [0.15, 0.2) is 0 Å². The van der Waals surface area contributed by atoms with Gasteiger partial charge >= 0.3 is 5.97 Å². The third kappa shape index (κ3) is 11.7. The fraction of sp³-hybridized carbons (Fsp3) is 0.591. The molecule has 0 radical (unpaired) electrons. The van der Waals surface area contributed by atoms with E-state index < -0.39 is 12.0 Å². The number of carbonyl (C=O) groups excluding carboxylic acids is 3. The summed E-state index contributed by atoms with van der Waals surface area (Å²) >= 11 is 1.58. The van der Waals surface area contributed by atoms with Gasteiger partial charge in [-0.05, 0) is 46.5 Å². The van der Waals surface area contributed by atoms with E-state index >= 15 is 0 Å². The standard InChI is InChI=1S/C22H35N3O4S/c1-16(2)7-5-8-17(3)9-6-10-18-13-14-30-15-19(22(28)25-24-18)23-20(26)11-12-21(27)29-4/h7,9,13,19,24H,5-6,8,10-12,14-15H2,1-4H3,(H,23,26)(H,25,28)/b17-9+,18-13-/t19-/m0/s1. The molecule has 30 heavy (non-hydrogen) atoms. The molecule has 3 N–H and O–H groups in total. The Kier molecular flexibility index (Phi) is 12.7. The molecule has 0 saturated heterocycles. The SMILES string of the molecule is COC(=O)CCC(=O)N[C@H]1CSC/C=C(/CC/C=C(\C)CCC=C(C)C)NNC1=O. The van der Waals surface area contributed by atoms with Crippen molar-refractivity contribution in [1.29, 1.82) is 0 Å². The zero-order chi connectivity index (χ0) is 22.4.